The van der Waals surface area contributed by atoms with Gasteiger partial charge in [-0.05, 0) is 35.8 Å². The molecule has 3 N–H and O–H groups in total. The maximum Gasteiger partial charge on any atom is 0.224 e. The fourth-order valence-corrected chi connectivity index (χ4v) is 3.02. The number of carbonyl (C=O) groups excluding carboxylic acids is 1. The summed E-state index contributed by atoms with van der Waals surface area (Å²) in [5, 5.41) is 3.19. The molecule has 1 aromatic rings. The maximum atomic E-state index is 12.4. The van der Waals surface area contributed by atoms with Crippen molar-refractivity contribution in [3.8, 4) is 0 Å². The highest BCUT2D eigenvalue weighted by Crippen LogP contribution is 2.31. The van der Waals surface area contributed by atoms with E-state index in [1.165, 1.54) is 11.1 Å². The standard InChI is InChI=1S/C17H26N2O/c1-17(2,3)10-13(11-18)16(20)19-15-9-8-12-6-4-5-7-14(12)15/h4-7,13,15H,8-11,18H2,1-3H3,(H,19,20). The Kier molecular flexibility index (Phi) is 4.48. The molecule has 1 aliphatic rings. The Bertz CT molecular complexity index is 476. The third kappa shape index (κ3) is 3.60. The Morgan fingerprint density at radius 1 is 1.40 bits per heavy atom. The third-order valence-electron chi connectivity index (χ3n) is 3.96. The molecule has 1 aromatic carbocycles. The van der Waals surface area contributed by atoms with Crippen LogP contribution >= 0.6 is 0 Å². The summed E-state index contributed by atoms with van der Waals surface area (Å²) in [5.41, 5.74) is 8.54. The van der Waals surface area contributed by atoms with Crippen molar-refractivity contribution in [2.45, 2.75) is 46.1 Å². The van der Waals surface area contributed by atoms with E-state index >= 15 is 0 Å². The predicted molar refractivity (Wildman–Crippen MR) is 82.3 cm³/mol. The molecule has 0 bridgehead atoms. The summed E-state index contributed by atoms with van der Waals surface area (Å²) in [4.78, 5) is 12.4. The van der Waals surface area contributed by atoms with Gasteiger partial charge in [0.2, 0.25) is 5.91 Å². The van der Waals surface area contributed by atoms with Gasteiger partial charge in [-0.3, -0.25) is 4.79 Å². The molecule has 0 saturated heterocycles. The van der Waals surface area contributed by atoms with E-state index in [1.54, 1.807) is 0 Å². The monoisotopic (exact) mass is 274 g/mol. The first kappa shape index (κ1) is 15.0. The zero-order valence-electron chi connectivity index (χ0n) is 12.8. The van der Waals surface area contributed by atoms with Crippen LogP contribution in [0, 0.1) is 11.3 Å². The normalized spacial score (nSPS) is 19.5. The quantitative estimate of drug-likeness (QED) is 0.887. The van der Waals surface area contributed by atoms with E-state index in [0.29, 0.717) is 6.54 Å². The minimum Gasteiger partial charge on any atom is -0.349 e. The Labute approximate surface area is 121 Å². The largest absolute Gasteiger partial charge is 0.349 e. The van der Waals surface area contributed by atoms with Crippen LogP contribution in [0.1, 0.15) is 50.8 Å². The number of fused-ring (bicyclic) bond motifs is 1. The number of rotatable bonds is 4. The van der Waals surface area contributed by atoms with Gasteiger partial charge in [-0.1, -0.05) is 45.0 Å². The average molecular weight is 274 g/mol. The summed E-state index contributed by atoms with van der Waals surface area (Å²) in [6.45, 7) is 6.85. The minimum atomic E-state index is -0.0947. The van der Waals surface area contributed by atoms with Crippen LogP contribution in [0.5, 0.6) is 0 Å². The van der Waals surface area contributed by atoms with Gasteiger partial charge < -0.3 is 11.1 Å². The SMILES string of the molecule is CC(C)(C)CC(CN)C(=O)NC1CCc2ccccc21. The fraction of sp³-hybridized carbons (Fsp3) is 0.588. The van der Waals surface area contributed by atoms with Crippen molar-refractivity contribution >= 4 is 5.91 Å². The van der Waals surface area contributed by atoms with Crippen molar-refractivity contribution in [1.82, 2.24) is 5.32 Å². The lowest BCUT2D eigenvalue weighted by Gasteiger charge is -2.26. The number of hydrogen-bond donors (Lipinski definition) is 2. The maximum absolute atomic E-state index is 12.4. The summed E-state index contributed by atoms with van der Waals surface area (Å²) < 4.78 is 0. The second-order valence-electron chi connectivity index (χ2n) is 7.00. The highest BCUT2D eigenvalue weighted by molar-refractivity contribution is 5.79. The van der Waals surface area contributed by atoms with Crippen molar-refractivity contribution in [1.29, 1.82) is 0 Å². The first-order valence-corrected chi connectivity index (χ1v) is 7.49. The molecule has 20 heavy (non-hydrogen) atoms. The molecule has 1 aliphatic carbocycles. The van der Waals surface area contributed by atoms with Crippen molar-refractivity contribution < 1.29 is 4.79 Å². The lowest BCUT2D eigenvalue weighted by molar-refractivity contribution is -0.126. The molecule has 3 heteroatoms. The number of carbonyl (C=O) groups is 1. The number of benzene rings is 1. The van der Waals surface area contributed by atoms with Gasteiger partial charge in [0, 0.05) is 6.54 Å². The van der Waals surface area contributed by atoms with E-state index in [-0.39, 0.29) is 23.3 Å². The summed E-state index contributed by atoms with van der Waals surface area (Å²) >= 11 is 0. The lowest BCUT2D eigenvalue weighted by atomic mass is 9.84. The molecule has 3 nitrogen and oxygen atoms in total. The molecule has 0 aromatic heterocycles. The van der Waals surface area contributed by atoms with E-state index in [1.807, 2.05) is 6.07 Å². The van der Waals surface area contributed by atoms with Gasteiger partial charge in [-0.2, -0.15) is 0 Å². The molecule has 0 spiro atoms. The van der Waals surface area contributed by atoms with Crippen LogP contribution in [0.2, 0.25) is 0 Å². The molecule has 1 amide bonds. The van der Waals surface area contributed by atoms with E-state index in [4.69, 9.17) is 5.73 Å². The van der Waals surface area contributed by atoms with Crippen LogP contribution in [0.3, 0.4) is 0 Å². The zero-order valence-corrected chi connectivity index (χ0v) is 12.8. The summed E-state index contributed by atoms with van der Waals surface area (Å²) in [6, 6.07) is 8.53. The number of amides is 1. The van der Waals surface area contributed by atoms with E-state index in [0.717, 1.165) is 19.3 Å². The van der Waals surface area contributed by atoms with E-state index in [9.17, 15) is 4.79 Å². The third-order valence-corrected chi connectivity index (χ3v) is 3.96. The highest BCUT2D eigenvalue weighted by atomic mass is 16.1. The molecular weight excluding hydrogens is 248 g/mol. The van der Waals surface area contributed by atoms with Gasteiger partial charge in [-0.25, -0.2) is 0 Å². The molecule has 110 valence electrons. The van der Waals surface area contributed by atoms with Gasteiger partial charge >= 0.3 is 0 Å². The molecular formula is C17H26N2O. The first-order chi connectivity index (χ1) is 9.40. The Morgan fingerprint density at radius 3 is 2.75 bits per heavy atom. The Balaban J connectivity index is 2.01. The second kappa shape index (κ2) is 5.96. The van der Waals surface area contributed by atoms with Crippen LogP contribution in [0.25, 0.3) is 0 Å². The molecule has 0 aliphatic heterocycles. The Morgan fingerprint density at radius 2 is 2.10 bits per heavy atom. The van der Waals surface area contributed by atoms with Crippen LogP contribution in [-0.2, 0) is 11.2 Å². The summed E-state index contributed by atoms with van der Waals surface area (Å²) in [7, 11) is 0. The fourth-order valence-electron chi connectivity index (χ4n) is 3.02. The van der Waals surface area contributed by atoms with Gasteiger partial charge in [-0.15, -0.1) is 0 Å². The average Bonchev–Trinajstić information content (AvgIpc) is 2.78. The topological polar surface area (TPSA) is 55.1 Å². The summed E-state index contributed by atoms with van der Waals surface area (Å²) in [6.07, 6.45) is 2.87. The van der Waals surface area contributed by atoms with Gasteiger partial charge in [0.1, 0.15) is 0 Å². The summed E-state index contributed by atoms with van der Waals surface area (Å²) in [5.74, 6) is 0.00638. The Hall–Kier alpha value is -1.35. The van der Waals surface area contributed by atoms with Crippen LogP contribution in [0.4, 0.5) is 0 Å². The number of aryl methyl sites for hydroxylation is 1. The van der Waals surface area contributed by atoms with Gasteiger partial charge in [0.25, 0.3) is 0 Å². The number of nitrogens with one attached hydrogen (secondary N) is 1. The zero-order chi connectivity index (χ0) is 14.8. The molecule has 0 saturated carbocycles. The van der Waals surface area contributed by atoms with Crippen molar-refractivity contribution in [2.75, 3.05) is 6.54 Å². The van der Waals surface area contributed by atoms with Gasteiger partial charge in [0.15, 0.2) is 0 Å². The molecule has 0 fully saturated rings. The first-order valence-electron chi connectivity index (χ1n) is 7.49. The van der Waals surface area contributed by atoms with Gasteiger partial charge in [0.05, 0.1) is 12.0 Å². The highest BCUT2D eigenvalue weighted by Gasteiger charge is 2.28. The number of nitrogens with two attached hydrogens (primary N) is 1. The van der Waals surface area contributed by atoms with E-state index < -0.39 is 0 Å². The van der Waals surface area contributed by atoms with Crippen molar-refractivity contribution in [3.63, 3.8) is 0 Å². The van der Waals surface area contributed by atoms with Crippen LogP contribution in [-0.4, -0.2) is 12.5 Å². The smallest absolute Gasteiger partial charge is 0.224 e. The van der Waals surface area contributed by atoms with Crippen molar-refractivity contribution in [3.05, 3.63) is 35.4 Å². The van der Waals surface area contributed by atoms with Crippen LogP contribution < -0.4 is 11.1 Å². The molecule has 0 radical (unpaired) electrons. The molecule has 2 rings (SSSR count). The predicted octanol–water partition coefficient (Wildman–Crippen LogP) is 2.80. The molecule has 0 heterocycles. The lowest BCUT2D eigenvalue weighted by Crippen LogP contribution is -2.38. The second-order valence-corrected chi connectivity index (χ2v) is 7.00. The molecule has 2 unspecified atom stereocenters. The van der Waals surface area contributed by atoms with Crippen molar-refractivity contribution in [2.24, 2.45) is 17.1 Å². The molecule has 2 atom stereocenters. The minimum absolute atomic E-state index is 0.0947. The van der Waals surface area contributed by atoms with E-state index in [2.05, 4.69) is 44.3 Å². The number of hydrogen-bond acceptors (Lipinski definition) is 2. The van der Waals surface area contributed by atoms with Crippen LogP contribution in [0.15, 0.2) is 24.3 Å².